The summed E-state index contributed by atoms with van der Waals surface area (Å²) in [7, 11) is 0. The number of ether oxygens (including phenoxy) is 1. The van der Waals surface area contributed by atoms with Crippen LogP contribution in [0.4, 0.5) is 17.8 Å². The number of nitrogens with zero attached hydrogens (tertiary/aromatic N) is 4. The third-order valence-electron chi connectivity index (χ3n) is 2.67. The van der Waals surface area contributed by atoms with Gasteiger partial charge in [0, 0.05) is 13.1 Å². The topological polar surface area (TPSA) is 106 Å². The number of nitrogens with one attached hydrogen (secondary N) is 1. The zero-order chi connectivity index (χ0) is 15.1. The summed E-state index contributed by atoms with van der Waals surface area (Å²) in [6.45, 7) is 9.27. The van der Waals surface area contributed by atoms with Crippen molar-refractivity contribution in [1.29, 1.82) is 0 Å². The summed E-state index contributed by atoms with van der Waals surface area (Å²) in [5.74, 6) is 0.498. The van der Waals surface area contributed by atoms with E-state index in [1.165, 1.54) is 0 Å². The Morgan fingerprint density at radius 1 is 1.30 bits per heavy atom. The van der Waals surface area contributed by atoms with Crippen LogP contribution < -0.4 is 16.0 Å². The molecule has 1 unspecified atom stereocenters. The minimum Gasteiger partial charge on any atom is -0.464 e. The van der Waals surface area contributed by atoms with Gasteiger partial charge in [0.05, 0.1) is 6.61 Å². The van der Waals surface area contributed by atoms with E-state index in [0.717, 1.165) is 13.1 Å². The lowest BCUT2D eigenvalue weighted by molar-refractivity contribution is -0.143. The van der Waals surface area contributed by atoms with E-state index < -0.39 is 6.04 Å². The highest BCUT2D eigenvalue weighted by molar-refractivity contribution is 5.78. The van der Waals surface area contributed by atoms with Gasteiger partial charge in [0.2, 0.25) is 17.8 Å². The Morgan fingerprint density at radius 2 is 1.95 bits per heavy atom. The monoisotopic (exact) mass is 282 g/mol. The number of rotatable bonds is 7. The number of esters is 1. The first-order valence-corrected chi connectivity index (χ1v) is 6.71. The van der Waals surface area contributed by atoms with Crippen LogP contribution in [-0.4, -0.2) is 46.7 Å². The lowest BCUT2D eigenvalue weighted by Gasteiger charge is -2.19. The van der Waals surface area contributed by atoms with E-state index in [2.05, 4.69) is 20.3 Å². The SMILES string of the molecule is CCOC(=O)C(C)Nc1nc(N)nc(N(CC)CC)n1. The van der Waals surface area contributed by atoms with Crippen LogP contribution in [0.5, 0.6) is 0 Å². The van der Waals surface area contributed by atoms with Gasteiger partial charge in [0.25, 0.3) is 0 Å². The zero-order valence-corrected chi connectivity index (χ0v) is 12.4. The lowest BCUT2D eigenvalue weighted by atomic mass is 10.3. The molecular formula is C12H22N6O2. The molecular weight excluding hydrogens is 260 g/mol. The number of carbonyl (C=O) groups is 1. The lowest BCUT2D eigenvalue weighted by Crippen LogP contribution is -2.30. The van der Waals surface area contributed by atoms with Gasteiger partial charge in [-0.1, -0.05) is 0 Å². The largest absolute Gasteiger partial charge is 0.464 e. The molecule has 8 heteroatoms. The Bertz CT molecular complexity index is 450. The summed E-state index contributed by atoms with van der Waals surface area (Å²) in [4.78, 5) is 25.8. The van der Waals surface area contributed by atoms with E-state index in [0.29, 0.717) is 12.6 Å². The molecule has 1 aromatic heterocycles. The molecule has 1 rings (SSSR count). The van der Waals surface area contributed by atoms with Gasteiger partial charge in [-0.15, -0.1) is 0 Å². The maximum absolute atomic E-state index is 11.6. The maximum atomic E-state index is 11.6. The van der Waals surface area contributed by atoms with Crippen molar-refractivity contribution in [1.82, 2.24) is 15.0 Å². The smallest absolute Gasteiger partial charge is 0.328 e. The van der Waals surface area contributed by atoms with E-state index in [1.807, 2.05) is 18.7 Å². The highest BCUT2D eigenvalue weighted by Crippen LogP contribution is 2.12. The van der Waals surface area contributed by atoms with Crippen LogP contribution >= 0.6 is 0 Å². The number of nitrogen functional groups attached to an aromatic ring is 1. The fraction of sp³-hybridized carbons (Fsp3) is 0.667. The van der Waals surface area contributed by atoms with Crippen LogP contribution in [0.15, 0.2) is 0 Å². The molecule has 0 fully saturated rings. The minimum absolute atomic E-state index is 0.112. The molecule has 112 valence electrons. The van der Waals surface area contributed by atoms with Crippen molar-refractivity contribution in [3.8, 4) is 0 Å². The zero-order valence-electron chi connectivity index (χ0n) is 12.4. The molecule has 0 bridgehead atoms. The minimum atomic E-state index is -0.554. The molecule has 20 heavy (non-hydrogen) atoms. The number of carbonyl (C=O) groups excluding carboxylic acids is 1. The Balaban J connectivity index is 2.88. The summed E-state index contributed by atoms with van der Waals surface area (Å²) < 4.78 is 4.91. The quantitative estimate of drug-likeness (QED) is 0.703. The molecule has 0 radical (unpaired) electrons. The van der Waals surface area contributed by atoms with Crippen molar-refractivity contribution >= 4 is 23.8 Å². The number of aromatic nitrogens is 3. The van der Waals surface area contributed by atoms with Crippen molar-refractivity contribution in [3.63, 3.8) is 0 Å². The molecule has 0 spiro atoms. The van der Waals surface area contributed by atoms with Gasteiger partial charge < -0.3 is 20.7 Å². The van der Waals surface area contributed by atoms with Gasteiger partial charge >= 0.3 is 5.97 Å². The van der Waals surface area contributed by atoms with Gasteiger partial charge in [0.15, 0.2) is 0 Å². The molecule has 3 N–H and O–H groups in total. The number of nitrogens with two attached hydrogens (primary N) is 1. The van der Waals surface area contributed by atoms with E-state index in [4.69, 9.17) is 10.5 Å². The van der Waals surface area contributed by atoms with Crippen LogP contribution in [-0.2, 0) is 9.53 Å². The van der Waals surface area contributed by atoms with Crippen molar-refractivity contribution in [3.05, 3.63) is 0 Å². The molecule has 0 saturated heterocycles. The summed E-state index contributed by atoms with van der Waals surface area (Å²) >= 11 is 0. The number of hydrogen-bond acceptors (Lipinski definition) is 8. The first-order valence-electron chi connectivity index (χ1n) is 6.71. The average molecular weight is 282 g/mol. The summed E-state index contributed by atoms with van der Waals surface area (Å²) in [5.41, 5.74) is 5.67. The molecule has 8 nitrogen and oxygen atoms in total. The van der Waals surface area contributed by atoms with Gasteiger partial charge in [-0.05, 0) is 27.7 Å². The summed E-state index contributed by atoms with van der Waals surface area (Å²) in [6, 6.07) is -0.554. The second-order valence-corrected chi connectivity index (χ2v) is 4.11. The fourth-order valence-electron chi connectivity index (χ4n) is 1.61. The molecule has 0 amide bonds. The second kappa shape index (κ2) is 7.46. The highest BCUT2D eigenvalue weighted by Gasteiger charge is 2.16. The molecule has 0 aromatic carbocycles. The molecule has 0 saturated carbocycles. The Kier molecular flexibility index (Phi) is 5.95. The van der Waals surface area contributed by atoms with Gasteiger partial charge in [0.1, 0.15) is 6.04 Å². The predicted molar refractivity (Wildman–Crippen MR) is 77.5 cm³/mol. The van der Waals surface area contributed by atoms with Crippen LogP contribution in [0.1, 0.15) is 27.7 Å². The normalized spacial score (nSPS) is 11.8. The summed E-state index contributed by atoms with van der Waals surface area (Å²) in [6.07, 6.45) is 0. The molecule has 0 aliphatic carbocycles. The molecule has 1 heterocycles. The van der Waals surface area contributed by atoms with E-state index >= 15 is 0 Å². The van der Waals surface area contributed by atoms with E-state index in [1.54, 1.807) is 13.8 Å². The van der Waals surface area contributed by atoms with Gasteiger partial charge in [-0.25, -0.2) is 4.79 Å². The molecule has 0 aliphatic rings. The predicted octanol–water partition coefficient (Wildman–Crippen LogP) is 0.663. The van der Waals surface area contributed by atoms with Crippen LogP contribution in [0.25, 0.3) is 0 Å². The van der Waals surface area contributed by atoms with Crippen LogP contribution in [0.3, 0.4) is 0 Å². The van der Waals surface area contributed by atoms with Crippen molar-refractivity contribution < 1.29 is 9.53 Å². The van der Waals surface area contributed by atoms with Crippen LogP contribution in [0, 0.1) is 0 Å². The van der Waals surface area contributed by atoms with Gasteiger partial charge in [-0.3, -0.25) is 0 Å². The summed E-state index contributed by atoms with van der Waals surface area (Å²) in [5, 5.41) is 2.87. The van der Waals surface area contributed by atoms with Crippen LogP contribution in [0.2, 0.25) is 0 Å². The number of anilines is 3. The average Bonchev–Trinajstić information content (AvgIpc) is 2.39. The molecule has 1 aromatic rings. The number of hydrogen-bond donors (Lipinski definition) is 2. The second-order valence-electron chi connectivity index (χ2n) is 4.11. The maximum Gasteiger partial charge on any atom is 0.328 e. The van der Waals surface area contributed by atoms with Crippen molar-refractivity contribution in [2.75, 3.05) is 35.6 Å². The molecule has 1 atom stereocenters. The first kappa shape index (κ1) is 15.9. The van der Waals surface area contributed by atoms with E-state index in [9.17, 15) is 4.79 Å². The van der Waals surface area contributed by atoms with E-state index in [-0.39, 0.29) is 17.9 Å². The van der Waals surface area contributed by atoms with Crippen molar-refractivity contribution in [2.24, 2.45) is 0 Å². The molecule has 0 aliphatic heterocycles. The Labute approximate surface area is 118 Å². The third kappa shape index (κ3) is 4.22. The fourth-order valence-corrected chi connectivity index (χ4v) is 1.61. The Hall–Kier alpha value is -2.12. The van der Waals surface area contributed by atoms with Crippen molar-refractivity contribution in [2.45, 2.75) is 33.7 Å². The van der Waals surface area contributed by atoms with Gasteiger partial charge in [-0.2, -0.15) is 15.0 Å². The highest BCUT2D eigenvalue weighted by atomic mass is 16.5. The first-order chi connectivity index (χ1) is 9.51. The third-order valence-corrected chi connectivity index (χ3v) is 2.67. The standard InChI is InChI=1S/C12H22N6O2/c1-5-18(6-2)12-16-10(13)15-11(17-12)14-8(4)9(19)20-7-3/h8H,5-7H2,1-4H3,(H3,13,14,15,16,17). The Morgan fingerprint density at radius 3 is 2.50 bits per heavy atom.